The van der Waals surface area contributed by atoms with Gasteiger partial charge in [0, 0.05) is 12.1 Å². The molecule has 0 saturated carbocycles. The van der Waals surface area contributed by atoms with Crippen molar-refractivity contribution in [3.8, 4) is 5.75 Å². The van der Waals surface area contributed by atoms with Gasteiger partial charge in [-0.25, -0.2) is 18.5 Å². The molecule has 0 aliphatic carbocycles. The summed E-state index contributed by atoms with van der Waals surface area (Å²) in [7, 11) is -4.81. The summed E-state index contributed by atoms with van der Waals surface area (Å²) in [5, 5.41) is 4.62. The van der Waals surface area contributed by atoms with Gasteiger partial charge in [0.25, 0.3) is 0 Å². The summed E-state index contributed by atoms with van der Waals surface area (Å²) in [4.78, 5) is 1.41. The van der Waals surface area contributed by atoms with Gasteiger partial charge in [-0.2, -0.15) is 13.2 Å². The van der Waals surface area contributed by atoms with Gasteiger partial charge in [0.2, 0.25) is 10.0 Å². The molecule has 0 aliphatic rings. The van der Waals surface area contributed by atoms with Crippen LogP contribution in [0.2, 0.25) is 0 Å². The molecule has 0 saturated heterocycles. The van der Waals surface area contributed by atoms with Crippen molar-refractivity contribution >= 4 is 10.0 Å². The van der Waals surface area contributed by atoms with Crippen LogP contribution < -0.4 is 15.6 Å². The second kappa shape index (κ2) is 5.31. The molecule has 120 valence electrons. The van der Waals surface area contributed by atoms with Gasteiger partial charge >= 0.3 is 12.5 Å². The molecule has 0 aromatic carbocycles. The Labute approximate surface area is 113 Å². The average molecular weight is 339 g/mol. The Morgan fingerprint density at radius 2 is 1.71 bits per heavy atom. The van der Waals surface area contributed by atoms with Crippen LogP contribution in [-0.4, -0.2) is 19.8 Å². The van der Waals surface area contributed by atoms with Crippen molar-refractivity contribution in [2.75, 3.05) is 0 Å². The largest absolute Gasteiger partial charge is 0.573 e. The maximum Gasteiger partial charge on any atom is 0.573 e. The molecule has 1 rings (SSSR count). The fraction of sp³-hybridized carbons (Fsp3) is 0.375. The van der Waals surface area contributed by atoms with Gasteiger partial charge in [0.1, 0.15) is 4.90 Å². The minimum Gasteiger partial charge on any atom is -0.404 e. The van der Waals surface area contributed by atoms with E-state index >= 15 is 0 Å². The van der Waals surface area contributed by atoms with Crippen LogP contribution in [0.1, 0.15) is 11.3 Å². The van der Waals surface area contributed by atoms with Crippen molar-refractivity contribution in [2.24, 2.45) is 10.9 Å². The maximum absolute atomic E-state index is 12.6. The molecule has 0 fully saturated rings. The van der Waals surface area contributed by atoms with Crippen molar-refractivity contribution in [1.29, 1.82) is 0 Å². The number of ether oxygens (including phenoxy) is 1. The number of pyridine rings is 1. The standard InChI is InChI=1S/C8H7F6N3O3S/c9-7(10,11)6-3(1-15)5(20-8(12,13)14)4(2-17-6)21(16,18)19/h2H,1,15H2,(H2,16,18,19). The monoisotopic (exact) mass is 339 g/mol. The van der Waals surface area contributed by atoms with Crippen LogP contribution in [0.15, 0.2) is 11.1 Å². The fourth-order valence-electron chi connectivity index (χ4n) is 1.38. The summed E-state index contributed by atoms with van der Waals surface area (Å²) in [5.74, 6) is -1.64. The van der Waals surface area contributed by atoms with Gasteiger partial charge < -0.3 is 10.5 Å². The van der Waals surface area contributed by atoms with E-state index in [-0.39, 0.29) is 6.20 Å². The minimum atomic E-state index is -5.45. The predicted molar refractivity (Wildman–Crippen MR) is 55.2 cm³/mol. The molecule has 0 amide bonds. The lowest BCUT2D eigenvalue weighted by Crippen LogP contribution is -2.25. The van der Waals surface area contributed by atoms with Gasteiger partial charge in [-0.15, -0.1) is 13.2 Å². The summed E-state index contributed by atoms with van der Waals surface area (Å²) in [6.45, 7) is -1.10. The van der Waals surface area contributed by atoms with E-state index in [4.69, 9.17) is 5.73 Å². The summed E-state index contributed by atoms with van der Waals surface area (Å²) < 4.78 is 100. The minimum absolute atomic E-state index is 0.0262. The van der Waals surface area contributed by atoms with Gasteiger partial charge in [-0.1, -0.05) is 0 Å². The molecule has 21 heavy (non-hydrogen) atoms. The number of hydrogen-bond acceptors (Lipinski definition) is 5. The number of aromatic nitrogens is 1. The highest BCUT2D eigenvalue weighted by Crippen LogP contribution is 2.39. The topological polar surface area (TPSA) is 108 Å². The molecule has 0 atom stereocenters. The van der Waals surface area contributed by atoms with E-state index < -0.39 is 51.0 Å². The third-order valence-electron chi connectivity index (χ3n) is 2.09. The van der Waals surface area contributed by atoms with E-state index in [0.29, 0.717) is 0 Å². The van der Waals surface area contributed by atoms with Crippen LogP contribution in [0.5, 0.6) is 5.75 Å². The second-order valence-electron chi connectivity index (χ2n) is 3.57. The Morgan fingerprint density at radius 1 is 1.19 bits per heavy atom. The summed E-state index contributed by atoms with van der Waals surface area (Å²) >= 11 is 0. The highest BCUT2D eigenvalue weighted by Gasteiger charge is 2.41. The molecule has 0 bridgehead atoms. The van der Waals surface area contributed by atoms with E-state index in [0.717, 1.165) is 0 Å². The second-order valence-corrected chi connectivity index (χ2v) is 5.10. The number of rotatable bonds is 3. The molecule has 0 unspecified atom stereocenters. The Balaban J connectivity index is 3.73. The lowest BCUT2D eigenvalue weighted by Gasteiger charge is -2.18. The Hall–Kier alpha value is -1.60. The van der Waals surface area contributed by atoms with Crippen molar-refractivity contribution in [3.63, 3.8) is 0 Å². The molecular weight excluding hydrogens is 332 g/mol. The molecule has 0 radical (unpaired) electrons. The molecule has 1 heterocycles. The molecule has 1 aromatic heterocycles. The maximum atomic E-state index is 12.6. The van der Waals surface area contributed by atoms with E-state index in [9.17, 15) is 34.8 Å². The van der Waals surface area contributed by atoms with Crippen molar-refractivity contribution in [3.05, 3.63) is 17.5 Å². The van der Waals surface area contributed by atoms with Crippen LogP contribution in [0.25, 0.3) is 0 Å². The third kappa shape index (κ3) is 4.18. The highest BCUT2D eigenvalue weighted by atomic mass is 32.2. The van der Waals surface area contributed by atoms with Crippen LogP contribution in [-0.2, 0) is 22.7 Å². The van der Waals surface area contributed by atoms with Crippen molar-refractivity contribution in [2.45, 2.75) is 24.0 Å². The van der Waals surface area contributed by atoms with Crippen molar-refractivity contribution in [1.82, 2.24) is 4.98 Å². The van der Waals surface area contributed by atoms with Crippen LogP contribution in [0.3, 0.4) is 0 Å². The predicted octanol–water partition coefficient (Wildman–Crippen LogP) is 1.11. The molecule has 1 aromatic rings. The quantitative estimate of drug-likeness (QED) is 0.802. The Morgan fingerprint density at radius 3 is 2.05 bits per heavy atom. The number of alkyl halides is 6. The first kappa shape index (κ1) is 17.5. The first-order valence-electron chi connectivity index (χ1n) is 4.85. The summed E-state index contributed by atoms with van der Waals surface area (Å²) in [6.07, 6.45) is -10.6. The van der Waals surface area contributed by atoms with Crippen LogP contribution in [0, 0.1) is 0 Å². The zero-order valence-corrected chi connectivity index (χ0v) is 10.6. The summed E-state index contributed by atoms with van der Waals surface area (Å²) in [5.41, 5.74) is 1.89. The van der Waals surface area contributed by atoms with Gasteiger partial charge in [-0.3, -0.25) is 0 Å². The number of hydrogen-bond donors (Lipinski definition) is 2. The lowest BCUT2D eigenvalue weighted by molar-refractivity contribution is -0.276. The molecule has 0 aliphatic heterocycles. The molecule has 6 nitrogen and oxygen atoms in total. The molecule has 13 heteroatoms. The Kier molecular flexibility index (Phi) is 4.41. The van der Waals surface area contributed by atoms with E-state index in [1.807, 2.05) is 0 Å². The molecular formula is C8H7F6N3O3S. The smallest absolute Gasteiger partial charge is 0.404 e. The lowest BCUT2D eigenvalue weighted by atomic mass is 10.1. The zero-order valence-electron chi connectivity index (χ0n) is 9.79. The number of primary sulfonamides is 1. The van der Waals surface area contributed by atoms with Gasteiger partial charge in [-0.05, 0) is 0 Å². The molecule has 0 spiro atoms. The van der Waals surface area contributed by atoms with E-state index in [1.165, 1.54) is 0 Å². The van der Waals surface area contributed by atoms with E-state index in [2.05, 4.69) is 14.9 Å². The number of nitrogens with two attached hydrogens (primary N) is 2. The number of sulfonamides is 1. The van der Waals surface area contributed by atoms with Crippen LogP contribution in [0.4, 0.5) is 26.3 Å². The molecule has 4 N–H and O–H groups in total. The average Bonchev–Trinajstić information content (AvgIpc) is 2.23. The van der Waals surface area contributed by atoms with Gasteiger partial charge in [0.05, 0.1) is 6.20 Å². The normalized spacial score (nSPS) is 13.3. The zero-order chi connectivity index (χ0) is 16.6. The van der Waals surface area contributed by atoms with Crippen LogP contribution >= 0.6 is 0 Å². The fourth-order valence-corrected chi connectivity index (χ4v) is 2.00. The first-order chi connectivity index (χ1) is 9.27. The SMILES string of the molecule is NCc1c(C(F)(F)F)ncc(S(N)(=O)=O)c1OC(F)(F)F. The Bertz CT molecular complexity index is 640. The van der Waals surface area contributed by atoms with Crippen molar-refractivity contribution < 1.29 is 39.5 Å². The van der Waals surface area contributed by atoms with E-state index in [1.54, 1.807) is 0 Å². The number of nitrogens with zero attached hydrogens (tertiary/aromatic N) is 1. The summed E-state index contributed by atoms with van der Waals surface area (Å²) in [6, 6.07) is 0. The number of halogens is 6. The highest BCUT2D eigenvalue weighted by molar-refractivity contribution is 7.89. The van der Waals surface area contributed by atoms with Gasteiger partial charge in [0.15, 0.2) is 11.4 Å². The first-order valence-corrected chi connectivity index (χ1v) is 6.39. The third-order valence-corrected chi connectivity index (χ3v) is 3.00.